The number of carbonyl (C=O) groups is 2. The van der Waals surface area contributed by atoms with Gasteiger partial charge in [0.1, 0.15) is 11.5 Å². The molecule has 0 spiro atoms. The molecular formula is C24H22O4. The summed E-state index contributed by atoms with van der Waals surface area (Å²) in [7, 11) is 0. The predicted octanol–water partition coefficient (Wildman–Crippen LogP) is 5.32. The number of ether oxygens (including phenoxy) is 2. The lowest BCUT2D eigenvalue weighted by Gasteiger charge is -2.08. The Balaban J connectivity index is 1.65. The lowest BCUT2D eigenvalue weighted by Crippen LogP contribution is -2.09. The highest BCUT2D eigenvalue weighted by Gasteiger charge is 2.12. The number of carbonyl (C=O) groups excluding carboxylic acids is 2. The Morgan fingerprint density at radius 1 is 0.750 bits per heavy atom. The van der Waals surface area contributed by atoms with Crippen LogP contribution < -0.4 is 9.47 Å². The molecule has 3 rings (SSSR count). The summed E-state index contributed by atoms with van der Waals surface area (Å²) >= 11 is 0. The van der Waals surface area contributed by atoms with Crippen LogP contribution in [0.15, 0.2) is 78.9 Å². The number of ketones is 1. The zero-order valence-corrected chi connectivity index (χ0v) is 15.8. The third-order valence-electron chi connectivity index (χ3n) is 4.20. The molecule has 0 heterocycles. The lowest BCUT2D eigenvalue weighted by molar-refractivity contribution is 0.0734. The van der Waals surface area contributed by atoms with E-state index in [1.807, 2.05) is 24.3 Å². The van der Waals surface area contributed by atoms with E-state index in [4.69, 9.17) is 9.47 Å². The molecule has 0 saturated heterocycles. The molecule has 0 unspecified atom stereocenters. The van der Waals surface area contributed by atoms with Crippen molar-refractivity contribution in [1.29, 1.82) is 0 Å². The molecule has 0 radical (unpaired) electrons. The van der Waals surface area contributed by atoms with E-state index in [0.717, 1.165) is 12.8 Å². The highest BCUT2D eigenvalue weighted by Crippen LogP contribution is 2.19. The van der Waals surface area contributed by atoms with E-state index in [9.17, 15) is 9.59 Å². The highest BCUT2D eigenvalue weighted by molar-refractivity contribution is 6.09. The zero-order chi connectivity index (χ0) is 19.8. The molecule has 0 fully saturated rings. The van der Waals surface area contributed by atoms with E-state index in [1.54, 1.807) is 54.6 Å². The molecule has 28 heavy (non-hydrogen) atoms. The molecule has 0 aromatic heterocycles. The van der Waals surface area contributed by atoms with Gasteiger partial charge in [0, 0.05) is 11.1 Å². The van der Waals surface area contributed by atoms with E-state index in [1.165, 1.54) is 0 Å². The molecule has 0 N–H and O–H groups in total. The molecule has 3 aromatic carbocycles. The van der Waals surface area contributed by atoms with E-state index in [0.29, 0.717) is 34.8 Å². The maximum absolute atomic E-state index is 12.4. The van der Waals surface area contributed by atoms with Gasteiger partial charge in [-0.2, -0.15) is 0 Å². The van der Waals surface area contributed by atoms with E-state index < -0.39 is 5.97 Å². The van der Waals surface area contributed by atoms with Gasteiger partial charge in [0.25, 0.3) is 0 Å². The standard InChI is InChI=1S/C24H22O4/c1-2-3-16-27-22-11-7-10-20(17-22)24(26)28-21-14-12-19(13-15-21)23(25)18-8-5-4-6-9-18/h4-15,17H,2-3,16H2,1H3. The summed E-state index contributed by atoms with van der Waals surface area (Å²) in [5.41, 5.74) is 1.57. The third-order valence-corrected chi connectivity index (χ3v) is 4.20. The smallest absolute Gasteiger partial charge is 0.343 e. The fourth-order valence-electron chi connectivity index (χ4n) is 2.64. The third kappa shape index (κ3) is 5.07. The van der Waals surface area contributed by atoms with Gasteiger partial charge in [0.05, 0.1) is 12.2 Å². The number of hydrogen-bond acceptors (Lipinski definition) is 4. The summed E-state index contributed by atoms with van der Waals surface area (Å²) in [6, 6.07) is 22.5. The monoisotopic (exact) mass is 374 g/mol. The molecule has 4 nitrogen and oxygen atoms in total. The lowest BCUT2D eigenvalue weighted by atomic mass is 10.0. The fraction of sp³-hybridized carbons (Fsp3) is 0.167. The van der Waals surface area contributed by atoms with Gasteiger partial charge in [0.15, 0.2) is 5.78 Å². The number of esters is 1. The molecule has 0 aliphatic rings. The van der Waals surface area contributed by atoms with Gasteiger partial charge < -0.3 is 9.47 Å². The van der Waals surface area contributed by atoms with Crippen molar-refractivity contribution in [2.24, 2.45) is 0 Å². The van der Waals surface area contributed by atoms with Crippen LogP contribution in [0.4, 0.5) is 0 Å². The molecule has 4 heteroatoms. The van der Waals surface area contributed by atoms with Gasteiger partial charge in [-0.1, -0.05) is 49.7 Å². The van der Waals surface area contributed by atoms with Gasteiger partial charge in [-0.25, -0.2) is 4.79 Å². The van der Waals surface area contributed by atoms with Crippen LogP contribution in [-0.4, -0.2) is 18.4 Å². The van der Waals surface area contributed by atoms with Crippen molar-refractivity contribution in [3.05, 3.63) is 95.6 Å². The molecule has 3 aromatic rings. The Kier molecular flexibility index (Phi) is 6.58. The van der Waals surface area contributed by atoms with Crippen molar-refractivity contribution in [2.45, 2.75) is 19.8 Å². The number of unbranched alkanes of at least 4 members (excludes halogenated alkanes) is 1. The summed E-state index contributed by atoms with van der Waals surface area (Å²) in [5, 5.41) is 0. The molecule has 0 saturated carbocycles. The SMILES string of the molecule is CCCCOc1cccc(C(=O)Oc2ccc(C(=O)c3ccccc3)cc2)c1. The largest absolute Gasteiger partial charge is 0.494 e. The van der Waals surface area contributed by atoms with Gasteiger partial charge in [0.2, 0.25) is 0 Å². The summed E-state index contributed by atoms with van der Waals surface area (Å²) in [6.45, 7) is 2.71. The molecule has 142 valence electrons. The molecule has 0 atom stereocenters. The average Bonchev–Trinajstić information content (AvgIpc) is 2.75. The first kappa shape index (κ1) is 19.4. The van der Waals surface area contributed by atoms with Gasteiger partial charge in [-0.3, -0.25) is 4.79 Å². The molecule has 0 aliphatic heterocycles. The first-order valence-corrected chi connectivity index (χ1v) is 9.32. The van der Waals surface area contributed by atoms with E-state index >= 15 is 0 Å². The van der Waals surface area contributed by atoms with Crippen molar-refractivity contribution >= 4 is 11.8 Å². The first-order chi connectivity index (χ1) is 13.7. The van der Waals surface area contributed by atoms with Crippen LogP contribution in [0, 0.1) is 0 Å². The van der Waals surface area contributed by atoms with Gasteiger partial charge in [-0.05, 0) is 48.9 Å². The highest BCUT2D eigenvalue weighted by atomic mass is 16.5. The van der Waals surface area contributed by atoms with Crippen molar-refractivity contribution in [3.63, 3.8) is 0 Å². The minimum Gasteiger partial charge on any atom is -0.494 e. The van der Waals surface area contributed by atoms with Crippen LogP contribution >= 0.6 is 0 Å². The topological polar surface area (TPSA) is 52.6 Å². The molecule has 0 aliphatic carbocycles. The normalized spacial score (nSPS) is 10.3. The second-order valence-corrected chi connectivity index (χ2v) is 6.34. The van der Waals surface area contributed by atoms with Crippen molar-refractivity contribution in [2.75, 3.05) is 6.61 Å². The maximum atomic E-state index is 12.4. The second-order valence-electron chi connectivity index (χ2n) is 6.34. The maximum Gasteiger partial charge on any atom is 0.343 e. The Labute approximate surface area is 164 Å². The number of rotatable bonds is 8. The minimum atomic E-state index is -0.469. The Morgan fingerprint density at radius 2 is 1.43 bits per heavy atom. The van der Waals surface area contributed by atoms with Crippen LogP contribution in [0.2, 0.25) is 0 Å². The summed E-state index contributed by atoms with van der Waals surface area (Å²) in [6.07, 6.45) is 2.01. The van der Waals surface area contributed by atoms with Crippen LogP contribution in [-0.2, 0) is 0 Å². The van der Waals surface area contributed by atoms with Crippen molar-refractivity contribution in [1.82, 2.24) is 0 Å². The number of benzene rings is 3. The fourth-order valence-corrected chi connectivity index (χ4v) is 2.64. The Morgan fingerprint density at radius 3 is 2.14 bits per heavy atom. The van der Waals surface area contributed by atoms with Crippen molar-refractivity contribution < 1.29 is 19.1 Å². The van der Waals surface area contributed by atoms with E-state index in [2.05, 4.69) is 6.92 Å². The van der Waals surface area contributed by atoms with Crippen LogP contribution in [0.3, 0.4) is 0 Å². The summed E-state index contributed by atoms with van der Waals surface area (Å²) in [4.78, 5) is 24.8. The summed E-state index contributed by atoms with van der Waals surface area (Å²) < 4.78 is 11.0. The first-order valence-electron chi connectivity index (χ1n) is 9.32. The molecule has 0 amide bonds. The zero-order valence-electron chi connectivity index (χ0n) is 15.8. The molecule has 0 bridgehead atoms. The quantitative estimate of drug-likeness (QED) is 0.232. The number of hydrogen-bond donors (Lipinski definition) is 0. The van der Waals surface area contributed by atoms with Crippen LogP contribution in [0.25, 0.3) is 0 Å². The van der Waals surface area contributed by atoms with Crippen molar-refractivity contribution in [3.8, 4) is 11.5 Å². The Hall–Kier alpha value is -3.40. The summed E-state index contributed by atoms with van der Waals surface area (Å²) in [5.74, 6) is 0.483. The predicted molar refractivity (Wildman–Crippen MR) is 108 cm³/mol. The van der Waals surface area contributed by atoms with Gasteiger partial charge in [-0.15, -0.1) is 0 Å². The minimum absolute atomic E-state index is 0.0737. The van der Waals surface area contributed by atoms with Gasteiger partial charge >= 0.3 is 5.97 Å². The van der Waals surface area contributed by atoms with Crippen LogP contribution in [0.1, 0.15) is 46.0 Å². The second kappa shape index (κ2) is 9.51. The Bertz CT molecular complexity index is 930. The molecular weight excluding hydrogens is 352 g/mol. The van der Waals surface area contributed by atoms with Crippen LogP contribution in [0.5, 0.6) is 11.5 Å². The van der Waals surface area contributed by atoms with E-state index in [-0.39, 0.29) is 5.78 Å². The average molecular weight is 374 g/mol.